The van der Waals surface area contributed by atoms with E-state index in [4.69, 9.17) is 5.73 Å². The Morgan fingerprint density at radius 2 is 2.00 bits per heavy atom. The Morgan fingerprint density at radius 1 is 1.17 bits per heavy atom. The van der Waals surface area contributed by atoms with Gasteiger partial charge in [0.1, 0.15) is 5.82 Å². The lowest BCUT2D eigenvalue weighted by Crippen LogP contribution is -2.50. The summed E-state index contributed by atoms with van der Waals surface area (Å²) in [5.41, 5.74) is 6.18. The number of hydrogen-bond donors (Lipinski definition) is 1. The molecule has 3 aliphatic rings. The summed E-state index contributed by atoms with van der Waals surface area (Å²) in [6.07, 6.45) is 4.16. The largest absolute Gasteiger partial charge is 0.354 e. The number of fused-ring (bicyclic) bond motifs is 1. The van der Waals surface area contributed by atoms with Crippen molar-refractivity contribution in [1.82, 2.24) is 14.8 Å². The molecule has 0 aromatic carbocycles. The minimum absolute atomic E-state index is 0.280. The lowest BCUT2D eigenvalue weighted by atomic mass is 9.98. The molecule has 1 amide bonds. The van der Waals surface area contributed by atoms with E-state index in [1.165, 1.54) is 6.42 Å². The minimum Gasteiger partial charge on any atom is -0.354 e. The first-order chi connectivity index (χ1) is 11.7. The van der Waals surface area contributed by atoms with Crippen LogP contribution in [0.2, 0.25) is 0 Å². The average Bonchev–Trinajstić information content (AvgIpc) is 3.19. The molecule has 130 valence electrons. The third kappa shape index (κ3) is 3.13. The lowest BCUT2D eigenvalue weighted by Gasteiger charge is -2.35. The Kier molecular flexibility index (Phi) is 4.41. The molecule has 1 saturated carbocycles. The quantitative estimate of drug-likeness (QED) is 0.869. The number of aromatic nitrogens is 1. The number of carbonyl (C=O) groups excluding carboxylic acids is 1. The molecule has 6 nitrogen and oxygen atoms in total. The molecule has 3 fully saturated rings. The second kappa shape index (κ2) is 6.69. The molecule has 1 aliphatic carbocycles. The number of rotatable bonds is 3. The van der Waals surface area contributed by atoms with Gasteiger partial charge in [0, 0.05) is 51.5 Å². The van der Waals surface area contributed by atoms with Crippen molar-refractivity contribution in [2.75, 3.05) is 50.7 Å². The maximum Gasteiger partial charge on any atom is 0.236 e. The molecule has 0 bridgehead atoms. The number of nitrogens with two attached hydrogens (primary N) is 1. The molecular formula is C18H27N5O. The highest BCUT2D eigenvalue weighted by Gasteiger charge is 2.42. The normalized spacial score (nSPS) is 30.6. The van der Waals surface area contributed by atoms with Crippen molar-refractivity contribution >= 4 is 11.7 Å². The Morgan fingerprint density at radius 3 is 2.71 bits per heavy atom. The number of likely N-dealkylation sites (tertiary alicyclic amines) is 1. The summed E-state index contributed by atoms with van der Waals surface area (Å²) >= 11 is 0. The van der Waals surface area contributed by atoms with Crippen molar-refractivity contribution in [1.29, 1.82) is 0 Å². The van der Waals surface area contributed by atoms with Gasteiger partial charge in [0.25, 0.3) is 0 Å². The van der Waals surface area contributed by atoms with Gasteiger partial charge in [-0.2, -0.15) is 0 Å². The van der Waals surface area contributed by atoms with Crippen molar-refractivity contribution in [2.45, 2.75) is 18.9 Å². The fourth-order valence-electron chi connectivity index (χ4n) is 4.48. The molecule has 24 heavy (non-hydrogen) atoms. The third-order valence-electron chi connectivity index (χ3n) is 5.97. The standard InChI is InChI=1S/C18H27N5O/c19-16-5-4-14-11-23(12-15(14)16)18(24)13-21-7-9-22(10-8-21)17-3-1-2-6-20-17/h1-3,6,14-16H,4-5,7-13,19H2. The maximum absolute atomic E-state index is 12.6. The molecule has 1 aromatic rings. The molecule has 4 rings (SSSR count). The van der Waals surface area contributed by atoms with Gasteiger partial charge in [-0.15, -0.1) is 0 Å². The monoisotopic (exact) mass is 329 g/mol. The van der Waals surface area contributed by atoms with E-state index in [0.29, 0.717) is 24.4 Å². The molecule has 3 unspecified atom stereocenters. The summed E-state index contributed by atoms with van der Waals surface area (Å²) in [4.78, 5) is 23.7. The summed E-state index contributed by atoms with van der Waals surface area (Å²) in [5, 5.41) is 0. The van der Waals surface area contributed by atoms with E-state index in [2.05, 4.69) is 19.7 Å². The van der Waals surface area contributed by atoms with Crippen molar-refractivity contribution in [2.24, 2.45) is 17.6 Å². The van der Waals surface area contributed by atoms with E-state index in [0.717, 1.165) is 51.5 Å². The number of anilines is 1. The molecule has 0 spiro atoms. The van der Waals surface area contributed by atoms with E-state index < -0.39 is 0 Å². The van der Waals surface area contributed by atoms with Crippen LogP contribution < -0.4 is 10.6 Å². The Balaban J connectivity index is 1.26. The van der Waals surface area contributed by atoms with Gasteiger partial charge in [-0.25, -0.2) is 4.98 Å². The molecule has 2 aliphatic heterocycles. The van der Waals surface area contributed by atoms with Crippen LogP contribution in [0.25, 0.3) is 0 Å². The average molecular weight is 329 g/mol. The molecule has 3 atom stereocenters. The Labute approximate surface area is 143 Å². The van der Waals surface area contributed by atoms with Gasteiger partial charge >= 0.3 is 0 Å². The van der Waals surface area contributed by atoms with Crippen LogP contribution in [0, 0.1) is 11.8 Å². The van der Waals surface area contributed by atoms with Crippen molar-refractivity contribution in [3.63, 3.8) is 0 Å². The van der Waals surface area contributed by atoms with E-state index >= 15 is 0 Å². The van der Waals surface area contributed by atoms with Crippen molar-refractivity contribution < 1.29 is 4.79 Å². The SMILES string of the molecule is NC1CCC2CN(C(=O)CN3CCN(c4ccccn4)CC3)CC12. The zero-order chi connectivity index (χ0) is 16.5. The minimum atomic E-state index is 0.280. The van der Waals surface area contributed by atoms with E-state index in [1.807, 2.05) is 24.4 Å². The molecular weight excluding hydrogens is 302 g/mol. The highest BCUT2D eigenvalue weighted by Crippen LogP contribution is 2.37. The predicted octanol–water partition coefficient (Wildman–Crippen LogP) is 0.399. The third-order valence-corrected chi connectivity index (χ3v) is 5.97. The van der Waals surface area contributed by atoms with Crippen molar-refractivity contribution in [3.05, 3.63) is 24.4 Å². The summed E-state index contributed by atoms with van der Waals surface area (Å²) in [5.74, 6) is 2.49. The van der Waals surface area contributed by atoms with Gasteiger partial charge in [-0.3, -0.25) is 9.69 Å². The van der Waals surface area contributed by atoms with E-state index in [-0.39, 0.29) is 5.91 Å². The van der Waals surface area contributed by atoms with Crippen LogP contribution in [0.3, 0.4) is 0 Å². The van der Waals surface area contributed by atoms with Crippen LogP contribution in [0.1, 0.15) is 12.8 Å². The van der Waals surface area contributed by atoms with Crippen molar-refractivity contribution in [3.8, 4) is 0 Å². The van der Waals surface area contributed by atoms with Crippen LogP contribution in [0.5, 0.6) is 0 Å². The Hall–Kier alpha value is -1.66. The lowest BCUT2D eigenvalue weighted by molar-refractivity contribution is -0.131. The summed E-state index contributed by atoms with van der Waals surface area (Å²) < 4.78 is 0. The fraction of sp³-hybridized carbons (Fsp3) is 0.667. The van der Waals surface area contributed by atoms with E-state index in [9.17, 15) is 4.79 Å². The van der Waals surface area contributed by atoms with Gasteiger partial charge in [0.2, 0.25) is 5.91 Å². The molecule has 2 N–H and O–H groups in total. The number of amides is 1. The molecule has 0 radical (unpaired) electrons. The maximum atomic E-state index is 12.6. The van der Waals surface area contributed by atoms with Gasteiger partial charge in [0.15, 0.2) is 0 Å². The number of nitrogens with zero attached hydrogens (tertiary/aromatic N) is 4. The summed E-state index contributed by atoms with van der Waals surface area (Å²) in [7, 11) is 0. The smallest absolute Gasteiger partial charge is 0.236 e. The number of carbonyl (C=O) groups is 1. The van der Waals surface area contributed by atoms with Crippen LogP contribution in [-0.2, 0) is 4.79 Å². The highest BCUT2D eigenvalue weighted by atomic mass is 16.2. The summed E-state index contributed by atoms with van der Waals surface area (Å²) in [6.45, 7) is 6.04. The topological polar surface area (TPSA) is 65.7 Å². The van der Waals surface area contributed by atoms with Gasteiger partial charge in [-0.05, 0) is 36.8 Å². The number of pyridine rings is 1. The first-order valence-corrected chi connectivity index (χ1v) is 9.12. The molecule has 6 heteroatoms. The van der Waals surface area contributed by atoms with Gasteiger partial charge in [-0.1, -0.05) is 6.07 Å². The first kappa shape index (κ1) is 15.8. The van der Waals surface area contributed by atoms with Crippen LogP contribution >= 0.6 is 0 Å². The number of piperazine rings is 1. The van der Waals surface area contributed by atoms with Gasteiger partial charge < -0.3 is 15.5 Å². The van der Waals surface area contributed by atoms with Crippen LogP contribution in [0.4, 0.5) is 5.82 Å². The molecule has 2 saturated heterocycles. The second-order valence-electron chi connectivity index (χ2n) is 7.41. The fourth-order valence-corrected chi connectivity index (χ4v) is 4.48. The summed E-state index contributed by atoms with van der Waals surface area (Å²) in [6, 6.07) is 6.31. The van der Waals surface area contributed by atoms with E-state index in [1.54, 1.807) is 0 Å². The molecule has 1 aromatic heterocycles. The first-order valence-electron chi connectivity index (χ1n) is 9.12. The van der Waals surface area contributed by atoms with Gasteiger partial charge in [0.05, 0.1) is 6.54 Å². The predicted molar refractivity (Wildman–Crippen MR) is 93.7 cm³/mol. The second-order valence-corrected chi connectivity index (χ2v) is 7.41. The molecule has 3 heterocycles. The Bertz CT molecular complexity index is 572. The van der Waals surface area contributed by atoms with Crippen LogP contribution in [-0.4, -0.2) is 72.5 Å². The van der Waals surface area contributed by atoms with Crippen LogP contribution in [0.15, 0.2) is 24.4 Å². The zero-order valence-corrected chi connectivity index (χ0v) is 14.2. The zero-order valence-electron chi connectivity index (χ0n) is 14.2. The highest BCUT2D eigenvalue weighted by molar-refractivity contribution is 5.78. The number of hydrogen-bond acceptors (Lipinski definition) is 5.